The number of halogens is 1. The van der Waals surface area contributed by atoms with Crippen molar-refractivity contribution in [3.63, 3.8) is 0 Å². The smallest absolute Gasteiger partial charge is 0.251 e. The lowest BCUT2D eigenvalue weighted by Crippen LogP contribution is -2.56. The predicted octanol–water partition coefficient (Wildman–Crippen LogP) is 4.45. The molecule has 0 aromatic heterocycles. The number of carbonyl (C=O) groups excluding carboxylic acids is 1. The van der Waals surface area contributed by atoms with Gasteiger partial charge in [0.05, 0.1) is 0 Å². The maximum Gasteiger partial charge on any atom is 0.251 e. The third-order valence-corrected chi connectivity index (χ3v) is 6.03. The van der Waals surface area contributed by atoms with Crippen molar-refractivity contribution in [2.45, 2.75) is 63.7 Å². The SMILES string of the molecule is Cc1ccc(CN2[C@H]3CCC[C@H]2CC(NC(=O)c2cccc(F)c2)C3)cc1. The third kappa shape index (κ3) is 4.22. The molecule has 2 aliphatic rings. The number of aryl methyl sites for hydroxylation is 1. The van der Waals surface area contributed by atoms with Crippen LogP contribution in [0, 0.1) is 12.7 Å². The van der Waals surface area contributed by atoms with Gasteiger partial charge < -0.3 is 5.32 Å². The Labute approximate surface area is 160 Å². The number of nitrogens with one attached hydrogen (secondary N) is 1. The molecule has 0 aliphatic carbocycles. The van der Waals surface area contributed by atoms with Gasteiger partial charge in [0.2, 0.25) is 0 Å². The van der Waals surface area contributed by atoms with Crippen LogP contribution in [0.2, 0.25) is 0 Å². The lowest BCUT2D eigenvalue weighted by Gasteiger charge is -2.49. The minimum Gasteiger partial charge on any atom is -0.349 e. The van der Waals surface area contributed by atoms with Gasteiger partial charge in [0.15, 0.2) is 0 Å². The van der Waals surface area contributed by atoms with Gasteiger partial charge in [-0.3, -0.25) is 9.69 Å². The molecule has 2 saturated heterocycles. The van der Waals surface area contributed by atoms with Crippen molar-refractivity contribution in [3.8, 4) is 0 Å². The van der Waals surface area contributed by atoms with Crippen LogP contribution in [0.3, 0.4) is 0 Å². The van der Waals surface area contributed by atoms with Gasteiger partial charge in [-0.05, 0) is 56.4 Å². The molecule has 2 aromatic carbocycles. The summed E-state index contributed by atoms with van der Waals surface area (Å²) < 4.78 is 13.4. The fourth-order valence-corrected chi connectivity index (χ4v) is 4.66. The van der Waals surface area contributed by atoms with Crippen LogP contribution in [0.5, 0.6) is 0 Å². The molecular weight excluding hydrogens is 339 g/mol. The van der Waals surface area contributed by atoms with E-state index in [-0.39, 0.29) is 17.8 Å². The molecule has 2 atom stereocenters. The summed E-state index contributed by atoms with van der Waals surface area (Å²) >= 11 is 0. The van der Waals surface area contributed by atoms with E-state index in [4.69, 9.17) is 0 Å². The van der Waals surface area contributed by atoms with Crippen molar-refractivity contribution in [2.24, 2.45) is 0 Å². The van der Waals surface area contributed by atoms with E-state index in [1.165, 1.54) is 42.5 Å². The fourth-order valence-electron chi connectivity index (χ4n) is 4.66. The highest BCUT2D eigenvalue weighted by Crippen LogP contribution is 2.35. The zero-order valence-corrected chi connectivity index (χ0v) is 15.8. The van der Waals surface area contributed by atoms with Crippen LogP contribution in [-0.4, -0.2) is 28.9 Å². The van der Waals surface area contributed by atoms with Crippen LogP contribution in [0.4, 0.5) is 4.39 Å². The number of carbonyl (C=O) groups is 1. The van der Waals surface area contributed by atoms with Crippen molar-refractivity contribution in [1.82, 2.24) is 10.2 Å². The summed E-state index contributed by atoms with van der Waals surface area (Å²) in [6.45, 7) is 3.10. The number of amides is 1. The van der Waals surface area contributed by atoms with E-state index in [1.54, 1.807) is 12.1 Å². The molecule has 0 radical (unpaired) electrons. The number of hydrogen-bond acceptors (Lipinski definition) is 2. The molecule has 0 saturated carbocycles. The second-order valence-electron chi connectivity index (χ2n) is 8.05. The van der Waals surface area contributed by atoms with E-state index >= 15 is 0 Å². The van der Waals surface area contributed by atoms with Gasteiger partial charge in [-0.1, -0.05) is 42.3 Å². The van der Waals surface area contributed by atoms with Crippen molar-refractivity contribution in [3.05, 3.63) is 71.0 Å². The highest BCUT2D eigenvalue weighted by Gasteiger charge is 2.38. The Morgan fingerprint density at radius 3 is 2.48 bits per heavy atom. The second-order valence-corrected chi connectivity index (χ2v) is 8.05. The van der Waals surface area contributed by atoms with Crippen LogP contribution in [-0.2, 0) is 6.54 Å². The lowest BCUT2D eigenvalue weighted by molar-refractivity contribution is 0.0177. The first-order valence-corrected chi connectivity index (χ1v) is 9.96. The van der Waals surface area contributed by atoms with E-state index in [0.717, 1.165) is 19.4 Å². The molecule has 2 aliphatic heterocycles. The van der Waals surface area contributed by atoms with Crippen LogP contribution in [0.1, 0.15) is 53.6 Å². The maximum absolute atomic E-state index is 13.4. The Balaban J connectivity index is 1.41. The Kier molecular flexibility index (Phi) is 5.26. The van der Waals surface area contributed by atoms with Crippen LogP contribution in [0.15, 0.2) is 48.5 Å². The zero-order valence-electron chi connectivity index (χ0n) is 15.8. The summed E-state index contributed by atoms with van der Waals surface area (Å²) in [5.74, 6) is -0.531. The monoisotopic (exact) mass is 366 g/mol. The minimum atomic E-state index is -0.368. The summed E-state index contributed by atoms with van der Waals surface area (Å²) in [5.41, 5.74) is 3.06. The first-order valence-electron chi connectivity index (χ1n) is 9.96. The topological polar surface area (TPSA) is 32.3 Å². The number of nitrogens with zero attached hydrogens (tertiary/aromatic N) is 1. The minimum absolute atomic E-state index is 0.162. The predicted molar refractivity (Wildman–Crippen MR) is 105 cm³/mol. The first-order chi connectivity index (χ1) is 13.1. The average molecular weight is 366 g/mol. The number of fused-ring (bicyclic) bond motifs is 2. The van der Waals surface area contributed by atoms with E-state index in [1.807, 2.05) is 0 Å². The summed E-state index contributed by atoms with van der Waals surface area (Å²) in [6.07, 6.45) is 5.60. The number of benzene rings is 2. The molecule has 4 heteroatoms. The highest BCUT2D eigenvalue weighted by molar-refractivity contribution is 5.94. The second kappa shape index (κ2) is 7.81. The Bertz CT molecular complexity index is 790. The molecule has 3 nitrogen and oxygen atoms in total. The van der Waals surface area contributed by atoms with Gasteiger partial charge >= 0.3 is 0 Å². The third-order valence-electron chi connectivity index (χ3n) is 6.03. The normalized spacial score (nSPS) is 25.2. The maximum atomic E-state index is 13.4. The quantitative estimate of drug-likeness (QED) is 0.867. The van der Waals surface area contributed by atoms with E-state index in [0.29, 0.717) is 17.6 Å². The standard InChI is InChI=1S/C23H27FN2O/c1-16-8-10-17(11-9-16)15-26-21-6-3-7-22(26)14-20(13-21)25-23(27)18-4-2-5-19(24)12-18/h2,4-5,8-12,20-22H,3,6-7,13-15H2,1H3,(H,25,27)/t21-,22-/m0/s1. The first kappa shape index (κ1) is 18.2. The Morgan fingerprint density at radius 2 is 1.81 bits per heavy atom. The van der Waals surface area contributed by atoms with E-state index < -0.39 is 0 Å². The molecule has 1 N–H and O–H groups in total. The molecule has 2 heterocycles. The van der Waals surface area contributed by atoms with Crippen molar-refractivity contribution < 1.29 is 9.18 Å². The van der Waals surface area contributed by atoms with Gasteiger partial charge in [-0.15, -0.1) is 0 Å². The molecule has 2 fully saturated rings. The Hall–Kier alpha value is -2.20. The number of piperidine rings is 2. The zero-order chi connectivity index (χ0) is 18.8. The molecule has 2 aromatic rings. The van der Waals surface area contributed by atoms with Crippen LogP contribution in [0.25, 0.3) is 0 Å². The molecule has 0 unspecified atom stereocenters. The summed E-state index contributed by atoms with van der Waals surface area (Å²) in [5, 5.41) is 3.15. The van der Waals surface area contributed by atoms with E-state index in [2.05, 4.69) is 41.4 Å². The number of rotatable bonds is 4. The largest absolute Gasteiger partial charge is 0.349 e. The van der Waals surface area contributed by atoms with Crippen LogP contribution < -0.4 is 5.32 Å². The molecule has 0 spiro atoms. The van der Waals surface area contributed by atoms with Gasteiger partial charge in [-0.25, -0.2) is 4.39 Å². The van der Waals surface area contributed by atoms with Crippen molar-refractivity contribution in [2.75, 3.05) is 0 Å². The summed E-state index contributed by atoms with van der Waals surface area (Å²) in [4.78, 5) is 15.1. The van der Waals surface area contributed by atoms with Gasteiger partial charge in [-0.2, -0.15) is 0 Å². The average Bonchev–Trinajstić information content (AvgIpc) is 2.64. The summed E-state index contributed by atoms with van der Waals surface area (Å²) in [6, 6.07) is 15.9. The Morgan fingerprint density at radius 1 is 1.11 bits per heavy atom. The lowest BCUT2D eigenvalue weighted by atomic mass is 9.81. The molecular formula is C23H27FN2O. The van der Waals surface area contributed by atoms with Gasteiger partial charge in [0.1, 0.15) is 5.82 Å². The van der Waals surface area contributed by atoms with E-state index in [9.17, 15) is 9.18 Å². The number of hydrogen-bond donors (Lipinski definition) is 1. The molecule has 142 valence electrons. The summed E-state index contributed by atoms with van der Waals surface area (Å²) in [7, 11) is 0. The highest BCUT2D eigenvalue weighted by atomic mass is 19.1. The molecule has 4 rings (SSSR count). The molecule has 1 amide bonds. The van der Waals surface area contributed by atoms with Crippen molar-refractivity contribution >= 4 is 5.91 Å². The molecule has 27 heavy (non-hydrogen) atoms. The van der Waals surface area contributed by atoms with Gasteiger partial charge in [0, 0.05) is 30.2 Å². The van der Waals surface area contributed by atoms with Gasteiger partial charge in [0.25, 0.3) is 5.91 Å². The van der Waals surface area contributed by atoms with Crippen LogP contribution >= 0.6 is 0 Å². The van der Waals surface area contributed by atoms with Crippen molar-refractivity contribution in [1.29, 1.82) is 0 Å². The molecule has 2 bridgehead atoms. The fraction of sp³-hybridized carbons (Fsp3) is 0.435.